The summed E-state index contributed by atoms with van der Waals surface area (Å²) in [5.41, 5.74) is 1.22. The van der Waals surface area contributed by atoms with Gasteiger partial charge < -0.3 is 4.74 Å². The first kappa shape index (κ1) is 8.45. The van der Waals surface area contributed by atoms with Crippen LogP contribution in [0, 0.1) is 0 Å². The zero-order valence-electron chi connectivity index (χ0n) is 7.52. The maximum absolute atomic E-state index is 5.64. The Kier molecular flexibility index (Phi) is 2.72. The molecule has 0 aliphatic carbocycles. The molecule has 1 aliphatic rings. The third kappa shape index (κ3) is 2.39. The molecule has 2 nitrogen and oxygen atoms in total. The van der Waals surface area contributed by atoms with E-state index in [4.69, 9.17) is 4.74 Å². The normalized spacial score (nSPS) is 20.8. The molecule has 0 aromatic heterocycles. The van der Waals surface area contributed by atoms with Crippen molar-refractivity contribution in [2.75, 3.05) is 6.54 Å². The van der Waals surface area contributed by atoms with Crippen molar-refractivity contribution in [2.45, 2.75) is 19.1 Å². The predicted octanol–water partition coefficient (Wildman–Crippen LogP) is 2.05. The highest BCUT2D eigenvalue weighted by atomic mass is 16.5. The number of ether oxygens (including phenoxy) is 1. The van der Waals surface area contributed by atoms with Gasteiger partial charge in [0, 0.05) is 12.8 Å². The average Bonchev–Trinajstić information content (AvgIpc) is 2.69. The second-order valence-corrected chi connectivity index (χ2v) is 3.18. The Morgan fingerprint density at radius 1 is 1.31 bits per heavy atom. The van der Waals surface area contributed by atoms with Crippen LogP contribution < -0.4 is 0 Å². The Bertz CT molecular complexity index is 281. The Morgan fingerprint density at radius 2 is 2.15 bits per heavy atom. The van der Waals surface area contributed by atoms with Gasteiger partial charge in [0.2, 0.25) is 0 Å². The van der Waals surface area contributed by atoms with Gasteiger partial charge in [0.05, 0.1) is 12.7 Å². The van der Waals surface area contributed by atoms with E-state index in [0.29, 0.717) is 6.61 Å². The standard InChI is InChI=1S/C11H13NO/c1-2-4-10(5-3-1)9-13-11-6-7-12-8-11/h1-5,8,11H,6-7,9H2. The summed E-state index contributed by atoms with van der Waals surface area (Å²) in [5, 5.41) is 0. The van der Waals surface area contributed by atoms with Gasteiger partial charge in [-0.25, -0.2) is 0 Å². The van der Waals surface area contributed by atoms with Crippen LogP contribution in [0.1, 0.15) is 12.0 Å². The van der Waals surface area contributed by atoms with Gasteiger partial charge in [0.1, 0.15) is 0 Å². The third-order valence-corrected chi connectivity index (χ3v) is 2.12. The fourth-order valence-corrected chi connectivity index (χ4v) is 1.37. The second kappa shape index (κ2) is 4.19. The fraction of sp³-hybridized carbons (Fsp3) is 0.364. The van der Waals surface area contributed by atoms with Gasteiger partial charge in [-0.1, -0.05) is 30.3 Å². The molecule has 0 N–H and O–H groups in total. The number of nitrogens with zero attached hydrogens (tertiary/aromatic N) is 1. The third-order valence-electron chi connectivity index (χ3n) is 2.12. The van der Waals surface area contributed by atoms with Crippen molar-refractivity contribution in [1.29, 1.82) is 0 Å². The quantitative estimate of drug-likeness (QED) is 0.689. The van der Waals surface area contributed by atoms with E-state index in [1.54, 1.807) is 0 Å². The lowest BCUT2D eigenvalue weighted by atomic mass is 10.2. The summed E-state index contributed by atoms with van der Waals surface area (Å²) in [5.74, 6) is 0. The van der Waals surface area contributed by atoms with Crippen molar-refractivity contribution in [1.82, 2.24) is 0 Å². The van der Waals surface area contributed by atoms with Crippen molar-refractivity contribution in [3.8, 4) is 0 Å². The molecule has 0 radical (unpaired) electrons. The number of hydrogen-bond donors (Lipinski definition) is 0. The van der Waals surface area contributed by atoms with Crippen LogP contribution in [-0.4, -0.2) is 18.9 Å². The zero-order chi connectivity index (χ0) is 8.93. The van der Waals surface area contributed by atoms with Crippen LogP contribution >= 0.6 is 0 Å². The summed E-state index contributed by atoms with van der Waals surface area (Å²) in [6.45, 7) is 1.61. The monoisotopic (exact) mass is 175 g/mol. The molecule has 2 heteroatoms. The molecule has 68 valence electrons. The van der Waals surface area contributed by atoms with Gasteiger partial charge in [0.25, 0.3) is 0 Å². The predicted molar refractivity (Wildman–Crippen MR) is 53.0 cm³/mol. The maximum Gasteiger partial charge on any atom is 0.0943 e. The van der Waals surface area contributed by atoms with Crippen molar-refractivity contribution in [3.05, 3.63) is 35.9 Å². The molecule has 13 heavy (non-hydrogen) atoms. The SMILES string of the molecule is C1=NCCC1OCc1ccccc1. The van der Waals surface area contributed by atoms with Gasteiger partial charge in [-0.2, -0.15) is 0 Å². The van der Waals surface area contributed by atoms with Gasteiger partial charge in [-0.3, -0.25) is 4.99 Å². The molecule has 1 aliphatic heterocycles. The molecule has 0 bridgehead atoms. The smallest absolute Gasteiger partial charge is 0.0943 e. The number of benzene rings is 1. The van der Waals surface area contributed by atoms with Crippen molar-refractivity contribution < 1.29 is 4.74 Å². The first-order valence-corrected chi connectivity index (χ1v) is 4.60. The van der Waals surface area contributed by atoms with Crippen molar-refractivity contribution in [3.63, 3.8) is 0 Å². The minimum Gasteiger partial charge on any atom is -0.368 e. The van der Waals surface area contributed by atoms with Crippen LogP contribution in [-0.2, 0) is 11.3 Å². The van der Waals surface area contributed by atoms with Crippen LogP contribution in [0.15, 0.2) is 35.3 Å². The molecule has 0 fully saturated rings. The number of hydrogen-bond acceptors (Lipinski definition) is 2. The molecule has 0 spiro atoms. The summed E-state index contributed by atoms with van der Waals surface area (Å²) in [4.78, 5) is 4.13. The summed E-state index contributed by atoms with van der Waals surface area (Å²) >= 11 is 0. The maximum atomic E-state index is 5.64. The van der Waals surface area contributed by atoms with Crippen LogP contribution in [0.2, 0.25) is 0 Å². The van der Waals surface area contributed by atoms with E-state index in [1.165, 1.54) is 5.56 Å². The molecule has 0 saturated carbocycles. The van der Waals surface area contributed by atoms with E-state index in [0.717, 1.165) is 13.0 Å². The Labute approximate surface area is 78.3 Å². The van der Waals surface area contributed by atoms with Crippen LogP contribution in [0.5, 0.6) is 0 Å². The lowest BCUT2D eigenvalue weighted by molar-refractivity contribution is 0.0883. The van der Waals surface area contributed by atoms with E-state index < -0.39 is 0 Å². The van der Waals surface area contributed by atoms with E-state index in [1.807, 2.05) is 24.4 Å². The molecule has 1 unspecified atom stereocenters. The van der Waals surface area contributed by atoms with Crippen LogP contribution in [0.3, 0.4) is 0 Å². The second-order valence-electron chi connectivity index (χ2n) is 3.18. The summed E-state index contributed by atoms with van der Waals surface area (Å²) < 4.78 is 5.64. The van der Waals surface area contributed by atoms with E-state index >= 15 is 0 Å². The van der Waals surface area contributed by atoms with E-state index in [-0.39, 0.29) is 6.10 Å². The summed E-state index contributed by atoms with van der Waals surface area (Å²) in [6.07, 6.45) is 3.18. The van der Waals surface area contributed by atoms with Gasteiger partial charge >= 0.3 is 0 Å². The Hall–Kier alpha value is -1.15. The van der Waals surface area contributed by atoms with Crippen molar-refractivity contribution in [2.24, 2.45) is 4.99 Å². The molecule has 1 heterocycles. The molecule has 1 atom stereocenters. The highest BCUT2D eigenvalue weighted by Crippen LogP contribution is 2.07. The zero-order valence-corrected chi connectivity index (χ0v) is 7.52. The van der Waals surface area contributed by atoms with E-state index in [9.17, 15) is 0 Å². The lowest BCUT2D eigenvalue weighted by Crippen LogP contribution is -2.10. The molecule has 0 amide bonds. The molecule has 0 saturated heterocycles. The molecule has 2 rings (SSSR count). The van der Waals surface area contributed by atoms with Gasteiger partial charge in [0.15, 0.2) is 0 Å². The molecule has 1 aromatic rings. The lowest BCUT2D eigenvalue weighted by Gasteiger charge is -2.07. The highest BCUT2D eigenvalue weighted by molar-refractivity contribution is 5.65. The summed E-state index contributed by atoms with van der Waals surface area (Å²) in [7, 11) is 0. The van der Waals surface area contributed by atoms with Gasteiger partial charge in [-0.05, 0) is 12.0 Å². The fourth-order valence-electron chi connectivity index (χ4n) is 1.37. The average molecular weight is 175 g/mol. The number of aliphatic imine (C=N–C) groups is 1. The van der Waals surface area contributed by atoms with Crippen LogP contribution in [0.4, 0.5) is 0 Å². The Morgan fingerprint density at radius 3 is 2.85 bits per heavy atom. The minimum atomic E-state index is 0.236. The Balaban J connectivity index is 1.82. The van der Waals surface area contributed by atoms with Crippen LogP contribution in [0.25, 0.3) is 0 Å². The topological polar surface area (TPSA) is 21.6 Å². The minimum absolute atomic E-state index is 0.236. The molecular weight excluding hydrogens is 162 g/mol. The van der Waals surface area contributed by atoms with E-state index in [2.05, 4.69) is 17.1 Å². The number of rotatable bonds is 3. The largest absolute Gasteiger partial charge is 0.368 e. The highest BCUT2D eigenvalue weighted by Gasteiger charge is 2.09. The molecule has 1 aromatic carbocycles. The first-order valence-electron chi connectivity index (χ1n) is 4.60. The summed E-state index contributed by atoms with van der Waals surface area (Å²) in [6, 6.07) is 10.2. The molecular formula is C11H13NO. The van der Waals surface area contributed by atoms with Gasteiger partial charge in [-0.15, -0.1) is 0 Å². The first-order chi connectivity index (χ1) is 6.45. The van der Waals surface area contributed by atoms with Crippen molar-refractivity contribution >= 4 is 6.21 Å².